The highest BCUT2D eigenvalue weighted by Gasteiger charge is 2.28. The minimum atomic E-state index is -0.0483. The maximum absolute atomic E-state index is 13.1. The van der Waals surface area contributed by atoms with Crippen LogP contribution in [0.25, 0.3) is 11.4 Å². The number of anilines is 1. The van der Waals surface area contributed by atoms with Gasteiger partial charge < -0.3 is 19.5 Å². The normalized spacial score (nSPS) is 19.4. The van der Waals surface area contributed by atoms with Crippen molar-refractivity contribution in [2.75, 3.05) is 38.2 Å². The summed E-state index contributed by atoms with van der Waals surface area (Å²) in [5, 5.41) is 7.38. The van der Waals surface area contributed by atoms with Crippen LogP contribution in [-0.2, 0) is 11.3 Å². The van der Waals surface area contributed by atoms with Gasteiger partial charge in [-0.1, -0.05) is 17.3 Å². The summed E-state index contributed by atoms with van der Waals surface area (Å²) in [6.45, 7) is 6.48. The van der Waals surface area contributed by atoms with E-state index in [0.717, 1.165) is 49.4 Å². The zero-order valence-corrected chi connectivity index (χ0v) is 21.9. The molecule has 2 aliphatic rings. The van der Waals surface area contributed by atoms with Crippen LogP contribution in [0, 0.1) is 5.92 Å². The van der Waals surface area contributed by atoms with Crippen LogP contribution in [0.4, 0.5) is 5.69 Å². The van der Waals surface area contributed by atoms with Crippen molar-refractivity contribution in [3.63, 3.8) is 0 Å². The first-order valence-electron chi connectivity index (χ1n) is 13.4. The number of ether oxygens (including phenoxy) is 1. The van der Waals surface area contributed by atoms with Crippen LogP contribution in [0.5, 0.6) is 5.75 Å². The minimum absolute atomic E-state index is 0.0266. The molecule has 2 atom stereocenters. The highest BCUT2D eigenvalue weighted by atomic mass is 16.5. The number of likely N-dealkylation sites (tertiary alicyclic amines) is 1. The molecule has 0 aliphatic carbocycles. The number of methoxy groups -OCH3 is 1. The number of nitrogens with one attached hydrogen (secondary N) is 1. The summed E-state index contributed by atoms with van der Waals surface area (Å²) in [7, 11) is 1.64. The van der Waals surface area contributed by atoms with E-state index in [9.17, 15) is 4.79 Å². The first-order valence-corrected chi connectivity index (χ1v) is 13.4. The van der Waals surface area contributed by atoms with E-state index in [1.54, 1.807) is 7.11 Å². The number of hydrogen-bond acceptors (Lipinski definition) is 7. The van der Waals surface area contributed by atoms with Gasteiger partial charge in [0.1, 0.15) is 5.75 Å². The smallest absolute Gasteiger partial charge is 0.241 e. The number of benzene rings is 2. The molecule has 37 heavy (non-hydrogen) atoms. The molecule has 1 N–H and O–H groups in total. The van der Waals surface area contributed by atoms with Crippen molar-refractivity contribution < 1.29 is 14.1 Å². The quantitative estimate of drug-likeness (QED) is 0.472. The maximum Gasteiger partial charge on any atom is 0.241 e. The molecule has 2 aromatic carbocycles. The van der Waals surface area contributed by atoms with Crippen LogP contribution in [0.2, 0.25) is 0 Å². The second-order valence-corrected chi connectivity index (χ2v) is 10.2. The molecule has 3 heterocycles. The molecule has 2 fully saturated rings. The van der Waals surface area contributed by atoms with Crippen LogP contribution in [0.15, 0.2) is 53.1 Å². The average Bonchev–Trinajstić information content (AvgIpc) is 3.42. The first-order chi connectivity index (χ1) is 18.1. The van der Waals surface area contributed by atoms with Gasteiger partial charge in [-0.25, -0.2) is 0 Å². The van der Waals surface area contributed by atoms with Gasteiger partial charge in [0, 0.05) is 30.9 Å². The number of amides is 1. The lowest BCUT2D eigenvalue weighted by molar-refractivity contribution is -0.127. The monoisotopic (exact) mass is 503 g/mol. The Morgan fingerprint density at radius 2 is 1.81 bits per heavy atom. The molecule has 2 unspecified atom stereocenters. The number of nitrogens with zero attached hydrogens (tertiary/aromatic N) is 4. The van der Waals surface area contributed by atoms with Crippen LogP contribution in [0.1, 0.15) is 56.5 Å². The fourth-order valence-electron chi connectivity index (χ4n) is 5.32. The lowest BCUT2D eigenvalue weighted by Gasteiger charge is -2.31. The number of carbonyl (C=O) groups is 1. The lowest BCUT2D eigenvalue weighted by atomic mass is 9.96. The molecule has 1 amide bonds. The number of hydrogen-bond donors (Lipinski definition) is 1. The molecular weight excluding hydrogens is 466 g/mol. The zero-order chi connectivity index (χ0) is 25.6. The van der Waals surface area contributed by atoms with Gasteiger partial charge in [0.2, 0.25) is 17.6 Å². The van der Waals surface area contributed by atoms with Crippen molar-refractivity contribution in [1.82, 2.24) is 20.4 Å². The van der Waals surface area contributed by atoms with E-state index in [4.69, 9.17) is 9.26 Å². The van der Waals surface area contributed by atoms with Gasteiger partial charge in [0.15, 0.2) is 0 Å². The van der Waals surface area contributed by atoms with Crippen molar-refractivity contribution >= 4 is 11.6 Å². The maximum atomic E-state index is 13.1. The summed E-state index contributed by atoms with van der Waals surface area (Å²) >= 11 is 0. The highest BCUT2D eigenvalue weighted by Crippen LogP contribution is 2.25. The topological polar surface area (TPSA) is 83.7 Å². The van der Waals surface area contributed by atoms with Crippen molar-refractivity contribution in [1.29, 1.82) is 0 Å². The van der Waals surface area contributed by atoms with E-state index >= 15 is 0 Å². The van der Waals surface area contributed by atoms with Crippen molar-refractivity contribution in [3.05, 3.63) is 60.0 Å². The summed E-state index contributed by atoms with van der Waals surface area (Å²) in [4.78, 5) is 22.4. The van der Waals surface area contributed by atoms with Gasteiger partial charge in [0.05, 0.1) is 25.6 Å². The van der Waals surface area contributed by atoms with Crippen LogP contribution in [0.3, 0.4) is 0 Å². The second-order valence-electron chi connectivity index (χ2n) is 10.2. The molecule has 1 aromatic heterocycles. The molecule has 0 spiro atoms. The molecule has 5 rings (SSSR count). The Bertz CT molecular complexity index is 1160. The third-order valence-electron chi connectivity index (χ3n) is 7.52. The Morgan fingerprint density at radius 3 is 2.54 bits per heavy atom. The molecule has 0 radical (unpaired) electrons. The molecule has 2 saturated heterocycles. The Kier molecular flexibility index (Phi) is 8.04. The molecular formula is C29H37N5O3. The minimum Gasteiger partial charge on any atom is -0.497 e. The Morgan fingerprint density at radius 1 is 1.05 bits per heavy atom. The second kappa shape index (κ2) is 11.8. The van der Waals surface area contributed by atoms with E-state index < -0.39 is 0 Å². The number of rotatable bonds is 8. The van der Waals surface area contributed by atoms with E-state index in [-0.39, 0.29) is 17.9 Å². The van der Waals surface area contributed by atoms with E-state index in [2.05, 4.69) is 56.4 Å². The van der Waals surface area contributed by atoms with Crippen molar-refractivity contribution in [2.45, 2.75) is 51.6 Å². The van der Waals surface area contributed by atoms with Gasteiger partial charge in [-0.15, -0.1) is 0 Å². The standard InChI is InChI=1S/C29H37N5O3/c1-21(22-8-12-25(13-9-22)34-17-4-3-5-18-34)30-29(35)24-7-6-16-33(19-24)20-27-31-28(32-37-27)23-10-14-26(36-2)15-11-23/h8-15,21,24H,3-7,16-20H2,1-2H3,(H,30,35). The predicted molar refractivity (Wildman–Crippen MR) is 143 cm³/mol. The van der Waals surface area contributed by atoms with Gasteiger partial charge in [-0.3, -0.25) is 9.69 Å². The van der Waals surface area contributed by atoms with Gasteiger partial charge in [0.25, 0.3) is 0 Å². The molecule has 2 aliphatic heterocycles. The average molecular weight is 504 g/mol. The third-order valence-corrected chi connectivity index (χ3v) is 7.52. The number of carbonyl (C=O) groups excluding carboxylic acids is 1. The molecule has 8 nitrogen and oxygen atoms in total. The van der Waals surface area contributed by atoms with Gasteiger partial charge in [-0.05, 0) is 87.5 Å². The Hall–Kier alpha value is -3.39. The molecule has 196 valence electrons. The van der Waals surface area contributed by atoms with Crippen LogP contribution in [-0.4, -0.2) is 54.2 Å². The SMILES string of the molecule is COc1ccc(-c2noc(CN3CCCC(C(=O)NC(C)c4ccc(N5CCCCC5)cc4)C3)n2)cc1. The molecule has 0 saturated carbocycles. The van der Waals surface area contributed by atoms with E-state index in [1.165, 1.54) is 24.9 Å². The highest BCUT2D eigenvalue weighted by molar-refractivity contribution is 5.79. The fourth-order valence-corrected chi connectivity index (χ4v) is 5.32. The Balaban J connectivity index is 1.13. The summed E-state index contributed by atoms with van der Waals surface area (Å²) in [6, 6.07) is 16.2. The molecule has 8 heteroatoms. The van der Waals surface area contributed by atoms with Crippen molar-refractivity contribution in [3.8, 4) is 17.1 Å². The molecule has 3 aromatic rings. The van der Waals surface area contributed by atoms with Gasteiger partial charge >= 0.3 is 0 Å². The summed E-state index contributed by atoms with van der Waals surface area (Å²) in [5.41, 5.74) is 3.30. The number of aromatic nitrogens is 2. The number of piperidine rings is 2. The van der Waals surface area contributed by atoms with E-state index in [1.807, 2.05) is 24.3 Å². The van der Waals surface area contributed by atoms with Crippen molar-refractivity contribution in [2.24, 2.45) is 5.92 Å². The zero-order valence-electron chi connectivity index (χ0n) is 21.9. The largest absolute Gasteiger partial charge is 0.497 e. The van der Waals surface area contributed by atoms with Crippen LogP contribution >= 0.6 is 0 Å². The predicted octanol–water partition coefficient (Wildman–Crippen LogP) is 4.82. The molecule has 0 bridgehead atoms. The summed E-state index contributed by atoms with van der Waals surface area (Å²) < 4.78 is 10.7. The summed E-state index contributed by atoms with van der Waals surface area (Å²) in [5.74, 6) is 1.97. The first kappa shape index (κ1) is 25.3. The fraction of sp³-hybridized carbons (Fsp3) is 0.483. The van der Waals surface area contributed by atoms with E-state index in [0.29, 0.717) is 24.8 Å². The Labute approximate surface area is 219 Å². The summed E-state index contributed by atoms with van der Waals surface area (Å²) in [6.07, 6.45) is 5.72. The van der Waals surface area contributed by atoms with Gasteiger partial charge in [-0.2, -0.15) is 4.98 Å². The van der Waals surface area contributed by atoms with Crippen LogP contribution < -0.4 is 15.0 Å². The third kappa shape index (κ3) is 6.31. The lowest BCUT2D eigenvalue weighted by Crippen LogP contribution is -2.43.